The molecule has 0 unspecified atom stereocenters. The minimum absolute atomic E-state index is 0.0461. The van der Waals surface area contributed by atoms with Crippen molar-refractivity contribution in [3.8, 4) is 0 Å². The molecule has 0 aliphatic heterocycles. The largest absolute Gasteiger partial charge is 0.368 e. The number of nitrogens with zero attached hydrogens (tertiary/aromatic N) is 4. The molecular formula is C14H19N5OS. The van der Waals surface area contributed by atoms with E-state index in [0.717, 1.165) is 5.56 Å². The number of carbonyl (C=O) groups is 1. The fraction of sp³-hybridized carbons (Fsp3) is 0.357. The molecule has 2 N–H and O–H groups in total. The number of nitrogens with two attached hydrogens (primary N) is 1. The Labute approximate surface area is 128 Å². The summed E-state index contributed by atoms with van der Waals surface area (Å²) in [5.74, 6) is 0.706. The molecule has 0 spiro atoms. The lowest BCUT2D eigenvalue weighted by Gasteiger charge is -2.18. The number of nitrogen functional groups attached to an aromatic ring is 1. The third-order valence-electron chi connectivity index (χ3n) is 3.29. The quantitative estimate of drug-likeness (QED) is 0.846. The van der Waals surface area contributed by atoms with Crippen molar-refractivity contribution in [2.45, 2.75) is 18.6 Å². The lowest BCUT2D eigenvalue weighted by Crippen LogP contribution is -2.28. The number of anilines is 1. The first kappa shape index (κ1) is 15.4. The fourth-order valence-corrected chi connectivity index (χ4v) is 2.68. The van der Waals surface area contributed by atoms with E-state index in [4.69, 9.17) is 5.73 Å². The maximum atomic E-state index is 12.2. The van der Waals surface area contributed by atoms with Crippen molar-refractivity contribution in [3.63, 3.8) is 0 Å². The lowest BCUT2D eigenvalue weighted by atomic mass is 10.1. The van der Waals surface area contributed by atoms with Gasteiger partial charge < -0.3 is 10.6 Å². The number of thioether (sulfide) groups is 1. The third-order valence-corrected chi connectivity index (χ3v) is 4.29. The van der Waals surface area contributed by atoms with Crippen molar-refractivity contribution >= 4 is 23.6 Å². The zero-order valence-corrected chi connectivity index (χ0v) is 13.2. The van der Waals surface area contributed by atoms with Gasteiger partial charge in [-0.3, -0.25) is 9.36 Å². The van der Waals surface area contributed by atoms with Crippen molar-refractivity contribution in [2.75, 3.05) is 18.5 Å². The van der Waals surface area contributed by atoms with E-state index >= 15 is 0 Å². The van der Waals surface area contributed by atoms with E-state index in [1.807, 2.05) is 31.2 Å². The average Bonchev–Trinajstić information content (AvgIpc) is 2.78. The molecule has 0 bridgehead atoms. The molecular weight excluding hydrogens is 286 g/mol. The standard InChI is InChI=1S/C14H19N5OS/c1-10-6-4-5-7-11(10)8-18(2)12(20)9-21-14-17-16-13(15)19(14)3/h4-7H,8-9H2,1-3H3,(H2,15,16). The molecule has 0 aliphatic rings. The Balaban J connectivity index is 1.91. The second kappa shape index (κ2) is 6.62. The van der Waals surface area contributed by atoms with Crippen LogP contribution in [-0.2, 0) is 18.4 Å². The number of rotatable bonds is 5. The van der Waals surface area contributed by atoms with Crippen LogP contribution in [0.4, 0.5) is 5.95 Å². The van der Waals surface area contributed by atoms with Gasteiger partial charge in [0.25, 0.3) is 0 Å². The number of hydrogen-bond acceptors (Lipinski definition) is 5. The second-order valence-corrected chi connectivity index (χ2v) is 5.81. The summed E-state index contributed by atoms with van der Waals surface area (Å²) >= 11 is 1.34. The molecule has 21 heavy (non-hydrogen) atoms. The number of benzene rings is 1. The molecule has 1 aromatic heterocycles. The van der Waals surface area contributed by atoms with Crippen LogP contribution in [0.1, 0.15) is 11.1 Å². The number of aromatic nitrogens is 3. The minimum atomic E-state index is 0.0461. The van der Waals surface area contributed by atoms with Crippen LogP contribution in [0.2, 0.25) is 0 Å². The Kier molecular flexibility index (Phi) is 4.85. The molecule has 1 aromatic carbocycles. The number of hydrogen-bond donors (Lipinski definition) is 1. The highest BCUT2D eigenvalue weighted by molar-refractivity contribution is 7.99. The second-order valence-electron chi connectivity index (χ2n) is 4.86. The van der Waals surface area contributed by atoms with E-state index in [1.54, 1.807) is 23.6 Å². The van der Waals surface area contributed by atoms with E-state index in [0.29, 0.717) is 23.4 Å². The molecule has 0 aliphatic carbocycles. The normalized spacial score (nSPS) is 10.6. The summed E-state index contributed by atoms with van der Waals surface area (Å²) < 4.78 is 1.67. The summed E-state index contributed by atoms with van der Waals surface area (Å²) in [6, 6.07) is 8.06. The van der Waals surface area contributed by atoms with Crippen LogP contribution in [-0.4, -0.2) is 38.4 Å². The van der Waals surface area contributed by atoms with Gasteiger partial charge in [-0.05, 0) is 18.1 Å². The molecule has 112 valence electrons. The summed E-state index contributed by atoms with van der Waals surface area (Å²) in [7, 11) is 3.58. The third kappa shape index (κ3) is 3.75. The number of aryl methyl sites for hydroxylation is 1. The summed E-state index contributed by atoms with van der Waals surface area (Å²) in [5, 5.41) is 8.33. The fourth-order valence-electron chi connectivity index (χ4n) is 1.82. The monoisotopic (exact) mass is 305 g/mol. The predicted octanol–water partition coefficient (Wildman–Crippen LogP) is 1.46. The highest BCUT2D eigenvalue weighted by atomic mass is 32.2. The van der Waals surface area contributed by atoms with Gasteiger partial charge in [-0.2, -0.15) is 0 Å². The number of carbonyl (C=O) groups excluding carboxylic acids is 1. The molecule has 0 saturated heterocycles. The van der Waals surface area contributed by atoms with Gasteiger partial charge >= 0.3 is 0 Å². The lowest BCUT2D eigenvalue weighted by molar-refractivity contribution is -0.127. The van der Waals surface area contributed by atoms with Gasteiger partial charge in [-0.25, -0.2) is 0 Å². The van der Waals surface area contributed by atoms with E-state index in [2.05, 4.69) is 10.2 Å². The SMILES string of the molecule is Cc1ccccc1CN(C)C(=O)CSc1nnc(N)n1C. The molecule has 7 heteroatoms. The minimum Gasteiger partial charge on any atom is -0.368 e. The maximum Gasteiger partial charge on any atom is 0.233 e. The van der Waals surface area contributed by atoms with Crippen LogP contribution in [0.25, 0.3) is 0 Å². The van der Waals surface area contributed by atoms with Gasteiger partial charge in [0.15, 0.2) is 5.16 Å². The first-order valence-electron chi connectivity index (χ1n) is 6.55. The molecule has 6 nitrogen and oxygen atoms in total. The Morgan fingerprint density at radius 1 is 1.38 bits per heavy atom. The molecule has 0 atom stereocenters. The van der Waals surface area contributed by atoms with Crippen molar-refractivity contribution < 1.29 is 4.79 Å². The zero-order valence-electron chi connectivity index (χ0n) is 12.4. The van der Waals surface area contributed by atoms with Gasteiger partial charge in [0.1, 0.15) is 0 Å². The van der Waals surface area contributed by atoms with Crippen molar-refractivity contribution in [1.29, 1.82) is 0 Å². The molecule has 2 rings (SSSR count). The average molecular weight is 305 g/mol. The van der Waals surface area contributed by atoms with Gasteiger partial charge in [-0.1, -0.05) is 36.0 Å². The van der Waals surface area contributed by atoms with Crippen LogP contribution in [0.5, 0.6) is 0 Å². The van der Waals surface area contributed by atoms with Gasteiger partial charge in [0, 0.05) is 20.6 Å². The Hall–Kier alpha value is -2.02. The van der Waals surface area contributed by atoms with Crippen LogP contribution >= 0.6 is 11.8 Å². The highest BCUT2D eigenvalue weighted by Gasteiger charge is 2.13. The molecule has 1 amide bonds. The summed E-state index contributed by atoms with van der Waals surface area (Å²) in [6.07, 6.45) is 0. The van der Waals surface area contributed by atoms with E-state index in [9.17, 15) is 4.79 Å². The summed E-state index contributed by atoms with van der Waals surface area (Å²) in [6.45, 7) is 2.65. The van der Waals surface area contributed by atoms with Crippen LogP contribution in [0.3, 0.4) is 0 Å². The molecule has 1 heterocycles. The predicted molar refractivity (Wildman–Crippen MR) is 83.8 cm³/mol. The van der Waals surface area contributed by atoms with Gasteiger partial charge in [-0.15, -0.1) is 10.2 Å². The summed E-state index contributed by atoms with van der Waals surface area (Å²) in [4.78, 5) is 13.9. The number of amides is 1. The smallest absolute Gasteiger partial charge is 0.233 e. The molecule has 0 radical (unpaired) electrons. The first-order chi connectivity index (χ1) is 9.99. The van der Waals surface area contributed by atoms with Crippen LogP contribution in [0, 0.1) is 6.92 Å². The van der Waals surface area contributed by atoms with Crippen LogP contribution in [0.15, 0.2) is 29.4 Å². The van der Waals surface area contributed by atoms with E-state index in [-0.39, 0.29) is 5.91 Å². The van der Waals surface area contributed by atoms with Gasteiger partial charge in [0.2, 0.25) is 11.9 Å². The van der Waals surface area contributed by atoms with E-state index < -0.39 is 0 Å². The molecule has 0 saturated carbocycles. The van der Waals surface area contributed by atoms with Gasteiger partial charge in [0.05, 0.1) is 5.75 Å². The topological polar surface area (TPSA) is 77.0 Å². The first-order valence-corrected chi connectivity index (χ1v) is 7.53. The Morgan fingerprint density at radius 2 is 2.10 bits per heavy atom. The van der Waals surface area contributed by atoms with Crippen molar-refractivity contribution in [2.24, 2.45) is 7.05 Å². The summed E-state index contributed by atoms with van der Waals surface area (Å²) in [5.41, 5.74) is 7.95. The Bertz CT molecular complexity index is 640. The van der Waals surface area contributed by atoms with Crippen LogP contribution < -0.4 is 5.73 Å². The highest BCUT2D eigenvalue weighted by Crippen LogP contribution is 2.17. The van der Waals surface area contributed by atoms with E-state index in [1.165, 1.54) is 17.3 Å². The molecule has 2 aromatic rings. The van der Waals surface area contributed by atoms with Crippen molar-refractivity contribution in [1.82, 2.24) is 19.7 Å². The maximum absolute atomic E-state index is 12.2. The molecule has 0 fully saturated rings. The zero-order chi connectivity index (χ0) is 15.4. The van der Waals surface area contributed by atoms with Crippen molar-refractivity contribution in [3.05, 3.63) is 35.4 Å². The Morgan fingerprint density at radius 3 is 2.71 bits per heavy atom.